The predicted octanol–water partition coefficient (Wildman–Crippen LogP) is 3.73. The Labute approximate surface area is 143 Å². The van der Waals surface area contributed by atoms with Crippen LogP contribution < -0.4 is 10.2 Å². The van der Waals surface area contributed by atoms with Gasteiger partial charge in [0.15, 0.2) is 0 Å². The number of halogens is 1. The van der Waals surface area contributed by atoms with Crippen molar-refractivity contribution >= 4 is 51.2 Å². The average molecular weight is 347 g/mol. The second kappa shape index (κ2) is 6.00. The zero-order valence-corrected chi connectivity index (χ0v) is 13.9. The van der Waals surface area contributed by atoms with Gasteiger partial charge in [-0.1, -0.05) is 17.7 Å². The molecule has 0 bridgehead atoms. The molecule has 118 valence electrons. The summed E-state index contributed by atoms with van der Waals surface area (Å²) in [5.41, 5.74) is 2.37. The Bertz CT molecular complexity index is 794. The summed E-state index contributed by atoms with van der Waals surface area (Å²) in [5.74, 6) is -0.0800. The Morgan fingerprint density at radius 2 is 2.04 bits per heavy atom. The number of nitrogens with zero attached hydrogens (tertiary/aromatic N) is 1. The highest BCUT2D eigenvalue weighted by Gasteiger charge is 2.24. The third kappa shape index (κ3) is 2.87. The Balaban J connectivity index is 1.63. The number of carbonyl (C=O) groups is 1. The van der Waals surface area contributed by atoms with Crippen molar-refractivity contribution in [1.29, 1.82) is 0 Å². The van der Waals surface area contributed by atoms with E-state index in [1.807, 2.05) is 18.2 Å². The molecule has 23 heavy (non-hydrogen) atoms. The molecule has 0 atom stereocenters. The van der Waals surface area contributed by atoms with Gasteiger partial charge in [-0.2, -0.15) is 0 Å². The molecule has 0 radical (unpaired) electrons. The van der Waals surface area contributed by atoms with Crippen molar-refractivity contribution in [2.24, 2.45) is 0 Å². The minimum Gasteiger partial charge on any atom is -0.378 e. The third-order valence-corrected chi connectivity index (χ3v) is 5.31. The molecule has 2 aliphatic heterocycles. The Morgan fingerprint density at radius 3 is 2.87 bits per heavy atom. The van der Waals surface area contributed by atoms with Crippen LogP contribution >= 0.6 is 22.9 Å². The van der Waals surface area contributed by atoms with Gasteiger partial charge in [-0.15, -0.1) is 11.3 Å². The van der Waals surface area contributed by atoms with Crippen LogP contribution in [0.4, 0.5) is 10.7 Å². The van der Waals surface area contributed by atoms with Crippen molar-refractivity contribution in [2.75, 3.05) is 36.5 Å². The van der Waals surface area contributed by atoms with Crippen LogP contribution in [0.1, 0.15) is 10.4 Å². The van der Waals surface area contributed by atoms with Gasteiger partial charge >= 0.3 is 0 Å². The lowest BCUT2D eigenvalue weighted by molar-refractivity contribution is -0.110. The van der Waals surface area contributed by atoms with E-state index in [4.69, 9.17) is 16.3 Å². The number of hydrogen-bond donors (Lipinski definition) is 1. The monoisotopic (exact) mass is 346 g/mol. The zero-order chi connectivity index (χ0) is 15.8. The summed E-state index contributed by atoms with van der Waals surface area (Å²) in [7, 11) is 0. The SMILES string of the molecule is O=C1Nc2cc(Cl)ccc2/C1=C\c1ccc(N2CCOCC2)s1. The van der Waals surface area contributed by atoms with E-state index in [0.717, 1.165) is 42.4 Å². The topological polar surface area (TPSA) is 41.6 Å². The van der Waals surface area contributed by atoms with Gasteiger partial charge in [-0.25, -0.2) is 0 Å². The minimum atomic E-state index is -0.0800. The van der Waals surface area contributed by atoms with Crippen molar-refractivity contribution in [1.82, 2.24) is 0 Å². The Morgan fingerprint density at radius 1 is 1.22 bits per heavy atom. The lowest BCUT2D eigenvalue weighted by Crippen LogP contribution is -2.35. The van der Waals surface area contributed by atoms with E-state index in [-0.39, 0.29) is 5.91 Å². The highest BCUT2D eigenvalue weighted by molar-refractivity contribution is 7.17. The number of thiophene rings is 1. The first-order valence-corrected chi connectivity index (χ1v) is 8.66. The molecule has 4 nitrogen and oxygen atoms in total. The lowest BCUT2D eigenvalue weighted by Gasteiger charge is -2.27. The molecular formula is C17H15ClN2O2S. The normalized spacial score (nSPS) is 19.1. The number of anilines is 2. The summed E-state index contributed by atoms with van der Waals surface area (Å²) in [4.78, 5) is 15.6. The summed E-state index contributed by atoms with van der Waals surface area (Å²) in [6.07, 6.45) is 1.95. The summed E-state index contributed by atoms with van der Waals surface area (Å²) in [5, 5.41) is 4.70. The van der Waals surface area contributed by atoms with Gasteiger partial charge in [0.1, 0.15) is 0 Å². The molecule has 2 aliphatic rings. The van der Waals surface area contributed by atoms with Crippen LogP contribution in [0.25, 0.3) is 11.6 Å². The number of morpholine rings is 1. The van der Waals surface area contributed by atoms with E-state index in [9.17, 15) is 4.79 Å². The van der Waals surface area contributed by atoms with Crippen LogP contribution in [0.5, 0.6) is 0 Å². The number of carbonyl (C=O) groups excluding carboxylic acids is 1. The van der Waals surface area contributed by atoms with E-state index >= 15 is 0 Å². The van der Waals surface area contributed by atoms with E-state index in [2.05, 4.69) is 22.3 Å². The fourth-order valence-corrected chi connectivity index (χ4v) is 4.00. The number of hydrogen-bond acceptors (Lipinski definition) is 4. The van der Waals surface area contributed by atoms with Crippen molar-refractivity contribution < 1.29 is 9.53 Å². The molecule has 4 rings (SSSR count). The van der Waals surface area contributed by atoms with Crippen LogP contribution in [-0.2, 0) is 9.53 Å². The summed E-state index contributed by atoms with van der Waals surface area (Å²) < 4.78 is 5.39. The molecule has 1 aromatic heterocycles. The van der Waals surface area contributed by atoms with E-state index in [1.165, 1.54) is 5.00 Å². The summed E-state index contributed by atoms with van der Waals surface area (Å²) in [6, 6.07) is 9.64. The van der Waals surface area contributed by atoms with E-state index in [1.54, 1.807) is 17.4 Å². The smallest absolute Gasteiger partial charge is 0.256 e. The first-order chi connectivity index (χ1) is 11.2. The summed E-state index contributed by atoms with van der Waals surface area (Å²) >= 11 is 7.68. The third-order valence-electron chi connectivity index (χ3n) is 3.99. The van der Waals surface area contributed by atoms with Crippen molar-refractivity contribution in [2.45, 2.75) is 0 Å². The van der Waals surface area contributed by atoms with Crippen molar-refractivity contribution in [3.8, 4) is 0 Å². The molecule has 2 aromatic rings. The zero-order valence-electron chi connectivity index (χ0n) is 12.3. The molecular weight excluding hydrogens is 332 g/mol. The molecule has 1 amide bonds. The number of ether oxygens (including phenoxy) is 1. The molecule has 1 saturated heterocycles. The van der Waals surface area contributed by atoms with Crippen molar-refractivity contribution in [3.05, 3.63) is 45.8 Å². The van der Waals surface area contributed by atoms with Gasteiger partial charge in [0.25, 0.3) is 5.91 Å². The minimum absolute atomic E-state index is 0.0800. The fourth-order valence-electron chi connectivity index (χ4n) is 2.83. The maximum atomic E-state index is 12.2. The number of rotatable bonds is 2. The molecule has 1 aromatic carbocycles. The molecule has 1 N–H and O–H groups in total. The number of amides is 1. The number of fused-ring (bicyclic) bond motifs is 1. The molecule has 0 saturated carbocycles. The Hall–Kier alpha value is -1.82. The molecule has 0 unspecified atom stereocenters. The molecule has 0 aliphatic carbocycles. The molecule has 6 heteroatoms. The second-order valence-corrected chi connectivity index (χ2v) is 7.01. The molecule has 0 spiro atoms. The van der Waals surface area contributed by atoms with Gasteiger partial charge in [-0.05, 0) is 30.3 Å². The lowest BCUT2D eigenvalue weighted by atomic mass is 10.1. The van der Waals surface area contributed by atoms with Gasteiger partial charge in [0.2, 0.25) is 0 Å². The first-order valence-electron chi connectivity index (χ1n) is 7.46. The van der Waals surface area contributed by atoms with Crippen molar-refractivity contribution in [3.63, 3.8) is 0 Å². The van der Waals surface area contributed by atoms with Crippen LogP contribution in [-0.4, -0.2) is 32.2 Å². The highest BCUT2D eigenvalue weighted by atomic mass is 35.5. The van der Waals surface area contributed by atoms with Gasteiger partial charge in [-0.3, -0.25) is 4.79 Å². The second-order valence-electron chi connectivity index (χ2n) is 5.48. The predicted molar refractivity (Wildman–Crippen MR) is 95.3 cm³/mol. The van der Waals surface area contributed by atoms with E-state index in [0.29, 0.717) is 10.6 Å². The van der Waals surface area contributed by atoms with Gasteiger partial charge in [0.05, 0.1) is 29.5 Å². The highest BCUT2D eigenvalue weighted by Crippen LogP contribution is 2.36. The van der Waals surface area contributed by atoms with Crippen LogP contribution in [0.3, 0.4) is 0 Å². The number of benzene rings is 1. The van der Waals surface area contributed by atoms with E-state index < -0.39 is 0 Å². The maximum Gasteiger partial charge on any atom is 0.256 e. The standard InChI is InChI=1S/C17H15ClN2O2S/c18-11-1-3-13-14(17(21)19-15(13)9-11)10-12-2-4-16(23-12)20-5-7-22-8-6-20/h1-4,9-10H,5-8H2,(H,19,21)/b14-10+. The van der Waals surface area contributed by atoms with Crippen LogP contribution in [0.2, 0.25) is 5.02 Å². The largest absolute Gasteiger partial charge is 0.378 e. The van der Waals surface area contributed by atoms with Crippen LogP contribution in [0, 0.1) is 0 Å². The maximum absolute atomic E-state index is 12.2. The Kier molecular flexibility index (Phi) is 3.85. The first kappa shape index (κ1) is 14.8. The van der Waals surface area contributed by atoms with Crippen LogP contribution in [0.15, 0.2) is 30.3 Å². The quantitative estimate of drug-likeness (QED) is 0.842. The molecule has 1 fully saturated rings. The summed E-state index contributed by atoms with van der Waals surface area (Å²) in [6.45, 7) is 3.37. The molecule has 3 heterocycles. The van der Waals surface area contributed by atoms with Gasteiger partial charge in [0, 0.05) is 28.6 Å². The van der Waals surface area contributed by atoms with Gasteiger partial charge < -0.3 is 15.0 Å². The number of nitrogens with one attached hydrogen (secondary N) is 1. The fraction of sp³-hybridized carbons (Fsp3) is 0.235. The average Bonchev–Trinajstić information content (AvgIpc) is 3.14.